The summed E-state index contributed by atoms with van der Waals surface area (Å²) < 4.78 is 0. The first kappa shape index (κ1) is 39.2. The molecule has 0 amide bonds. The zero-order valence-corrected chi connectivity index (χ0v) is 39.1. The third-order valence-electron chi connectivity index (χ3n) is 15.4. The highest BCUT2D eigenvalue weighted by molar-refractivity contribution is 7.99. The molecule has 2 spiro atoms. The fourth-order valence-corrected chi connectivity index (χ4v) is 15.0. The molecular formula is C66H41NS2. The molecule has 11 aromatic rings. The Balaban J connectivity index is 0.993. The monoisotopic (exact) mass is 911 g/mol. The van der Waals surface area contributed by atoms with E-state index in [-0.39, 0.29) is 0 Å². The summed E-state index contributed by atoms with van der Waals surface area (Å²) in [4.78, 5) is 7.78. The lowest BCUT2D eigenvalue weighted by Crippen LogP contribution is -2.32. The largest absolute Gasteiger partial charge is 0.310 e. The Labute approximate surface area is 410 Å². The Morgan fingerprint density at radius 2 is 0.725 bits per heavy atom. The van der Waals surface area contributed by atoms with Crippen molar-refractivity contribution in [2.75, 3.05) is 4.90 Å². The van der Waals surface area contributed by atoms with Gasteiger partial charge in [-0.05, 0) is 144 Å². The summed E-state index contributed by atoms with van der Waals surface area (Å²) in [6.45, 7) is 0. The second-order valence-corrected chi connectivity index (χ2v) is 20.8. The topological polar surface area (TPSA) is 3.24 Å². The van der Waals surface area contributed by atoms with E-state index < -0.39 is 10.8 Å². The second-order valence-electron chi connectivity index (χ2n) is 18.7. The molecule has 0 N–H and O–H groups in total. The number of rotatable bonds is 4. The van der Waals surface area contributed by atoms with Crippen LogP contribution in [0, 0.1) is 0 Å². The molecule has 1 nitrogen and oxygen atoms in total. The lowest BCUT2D eigenvalue weighted by atomic mass is 9.67. The van der Waals surface area contributed by atoms with Crippen LogP contribution in [0.3, 0.4) is 0 Å². The van der Waals surface area contributed by atoms with E-state index in [0.29, 0.717) is 0 Å². The molecule has 11 aromatic carbocycles. The number of anilines is 3. The molecule has 0 fully saturated rings. The third kappa shape index (κ3) is 5.35. The van der Waals surface area contributed by atoms with E-state index >= 15 is 0 Å². The first-order chi connectivity index (χ1) is 34.2. The molecule has 3 heteroatoms. The lowest BCUT2D eigenvalue weighted by Gasteiger charge is -2.40. The summed E-state index contributed by atoms with van der Waals surface area (Å²) in [5.74, 6) is 0. The molecule has 322 valence electrons. The van der Waals surface area contributed by atoms with Gasteiger partial charge in [0.2, 0.25) is 0 Å². The second kappa shape index (κ2) is 14.8. The van der Waals surface area contributed by atoms with Crippen molar-refractivity contribution in [1.82, 2.24) is 0 Å². The van der Waals surface area contributed by atoms with Crippen LogP contribution in [0.15, 0.2) is 268 Å². The van der Waals surface area contributed by atoms with E-state index in [9.17, 15) is 0 Å². The van der Waals surface area contributed by atoms with Crippen LogP contribution in [-0.4, -0.2) is 0 Å². The minimum atomic E-state index is -0.491. The van der Waals surface area contributed by atoms with Gasteiger partial charge in [-0.3, -0.25) is 0 Å². The van der Waals surface area contributed by atoms with Gasteiger partial charge < -0.3 is 4.90 Å². The highest BCUT2D eigenvalue weighted by Gasteiger charge is 2.52. The van der Waals surface area contributed by atoms with E-state index in [1.165, 1.54) is 108 Å². The quantitative estimate of drug-likeness (QED) is 0.173. The summed E-state index contributed by atoms with van der Waals surface area (Å²) >= 11 is 3.78. The van der Waals surface area contributed by atoms with E-state index in [1.807, 2.05) is 23.5 Å². The number of hydrogen-bond acceptors (Lipinski definition) is 3. The normalized spacial score (nSPS) is 14.5. The van der Waals surface area contributed by atoms with Crippen LogP contribution in [0.25, 0.3) is 44.2 Å². The van der Waals surface area contributed by atoms with Gasteiger partial charge in [0, 0.05) is 36.5 Å². The summed E-state index contributed by atoms with van der Waals surface area (Å²) in [7, 11) is 0. The predicted molar refractivity (Wildman–Crippen MR) is 287 cm³/mol. The van der Waals surface area contributed by atoms with Crippen LogP contribution in [0.2, 0.25) is 0 Å². The van der Waals surface area contributed by atoms with Crippen molar-refractivity contribution < 1.29 is 0 Å². The fraction of sp³-hybridized carbons (Fsp3) is 0.0303. The van der Waals surface area contributed by atoms with E-state index in [0.717, 1.165) is 17.1 Å². The standard InChI is InChI=1S/C66H41NS2/c1-2-17-44-40-45(33-32-42(44)16-1)43-34-36-46(37-35-43)67(47-38-39-53-50(41-47)48-18-3-5-20-51(48)65(53)54-22-7-11-28-60(54)68-61-29-12-8-23-55(61)65)59-27-15-26-58-64(59)49-19-4-6-21-52(49)66(58)56-24-9-13-30-62(56)69-63-31-14-10-25-57(63)66/h1-41H. The summed E-state index contributed by atoms with van der Waals surface area (Å²) in [6, 6.07) is 93.8. The van der Waals surface area contributed by atoms with Gasteiger partial charge in [0.05, 0.1) is 16.5 Å². The maximum absolute atomic E-state index is 2.54. The summed E-state index contributed by atoms with van der Waals surface area (Å²) in [6.07, 6.45) is 0. The zero-order chi connectivity index (χ0) is 45.3. The lowest BCUT2D eigenvalue weighted by molar-refractivity contribution is 0.722. The maximum Gasteiger partial charge on any atom is 0.0736 e. The molecule has 15 rings (SSSR count). The molecular weight excluding hydrogens is 871 g/mol. The molecule has 0 aromatic heterocycles. The van der Waals surface area contributed by atoms with Gasteiger partial charge in [0.15, 0.2) is 0 Å². The zero-order valence-electron chi connectivity index (χ0n) is 37.4. The summed E-state index contributed by atoms with van der Waals surface area (Å²) in [5.41, 5.74) is 20.7. The van der Waals surface area contributed by atoms with Crippen LogP contribution in [-0.2, 0) is 10.8 Å². The van der Waals surface area contributed by atoms with Crippen molar-refractivity contribution in [2.45, 2.75) is 30.4 Å². The Hall–Kier alpha value is -7.82. The van der Waals surface area contributed by atoms with Crippen molar-refractivity contribution >= 4 is 51.4 Å². The van der Waals surface area contributed by atoms with Crippen molar-refractivity contribution in [3.63, 3.8) is 0 Å². The minimum absolute atomic E-state index is 0.450. The van der Waals surface area contributed by atoms with Crippen molar-refractivity contribution in [3.05, 3.63) is 293 Å². The Bertz CT molecular complexity index is 3850. The van der Waals surface area contributed by atoms with Crippen molar-refractivity contribution in [3.8, 4) is 33.4 Å². The van der Waals surface area contributed by atoms with Gasteiger partial charge in [-0.25, -0.2) is 0 Å². The van der Waals surface area contributed by atoms with Gasteiger partial charge >= 0.3 is 0 Å². The molecule has 0 atom stereocenters. The molecule has 2 aliphatic heterocycles. The highest BCUT2D eigenvalue weighted by atomic mass is 32.2. The summed E-state index contributed by atoms with van der Waals surface area (Å²) in [5, 5.41) is 2.50. The van der Waals surface area contributed by atoms with Crippen LogP contribution in [0.1, 0.15) is 44.5 Å². The molecule has 2 heterocycles. The minimum Gasteiger partial charge on any atom is -0.310 e. The van der Waals surface area contributed by atoms with Crippen molar-refractivity contribution in [1.29, 1.82) is 0 Å². The van der Waals surface area contributed by atoms with E-state index in [1.54, 1.807) is 0 Å². The fourth-order valence-electron chi connectivity index (χ4n) is 12.7. The van der Waals surface area contributed by atoms with E-state index in [4.69, 9.17) is 0 Å². The van der Waals surface area contributed by atoms with Crippen molar-refractivity contribution in [2.24, 2.45) is 0 Å². The van der Waals surface area contributed by atoms with Gasteiger partial charge in [-0.1, -0.05) is 212 Å². The molecule has 0 radical (unpaired) electrons. The number of nitrogens with zero attached hydrogens (tertiary/aromatic N) is 1. The average Bonchev–Trinajstić information content (AvgIpc) is 3.87. The number of benzene rings is 11. The van der Waals surface area contributed by atoms with Crippen LogP contribution >= 0.6 is 23.5 Å². The van der Waals surface area contributed by atoms with Gasteiger partial charge in [0.25, 0.3) is 0 Å². The Morgan fingerprint density at radius 3 is 1.35 bits per heavy atom. The number of hydrogen-bond donors (Lipinski definition) is 0. The average molecular weight is 912 g/mol. The van der Waals surface area contributed by atoms with Gasteiger partial charge in [-0.15, -0.1) is 0 Å². The highest BCUT2D eigenvalue weighted by Crippen LogP contribution is 2.66. The SMILES string of the molecule is c1ccc2c(c1)Sc1ccccc1C21c2ccccc2-c2cc(N(c3ccc(-c4ccc5ccccc5c4)cc3)c3cccc4c3-c3ccccc3C43c4ccccc4Sc4ccccc43)ccc21. The molecule has 0 unspecified atom stereocenters. The van der Waals surface area contributed by atoms with Gasteiger partial charge in [0.1, 0.15) is 0 Å². The molecule has 0 saturated heterocycles. The third-order valence-corrected chi connectivity index (χ3v) is 17.7. The van der Waals surface area contributed by atoms with E-state index in [2.05, 4.69) is 254 Å². The first-order valence-corrected chi connectivity index (χ1v) is 25.5. The molecule has 0 bridgehead atoms. The van der Waals surface area contributed by atoms with Crippen LogP contribution in [0.4, 0.5) is 17.1 Å². The molecule has 2 aliphatic carbocycles. The molecule has 4 aliphatic rings. The Morgan fingerprint density at radius 1 is 0.275 bits per heavy atom. The van der Waals surface area contributed by atoms with Gasteiger partial charge in [-0.2, -0.15) is 0 Å². The van der Waals surface area contributed by atoms with Crippen LogP contribution in [0.5, 0.6) is 0 Å². The van der Waals surface area contributed by atoms with Crippen LogP contribution < -0.4 is 4.90 Å². The molecule has 0 saturated carbocycles. The Kier molecular flexibility index (Phi) is 8.43. The maximum atomic E-state index is 2.54. The molecule has 69 heavy (non-hydrogen) atoms. The smallest absolute Gasteiger partial charge is 0.0736 e. The first-order valence-electron chi connectivity index (χ1n) is 23.8. The predicted octanol–water partition coefficient (Wildman–Crippen LogP) is 17.6. The number of fused-ring (bicyclic) bond motifs is 19.